The summed E-state index contributed by atoms with van der Waals surface area (Å²) in [5.41, 5.74) is 4.09. The van der Waals surface area contributed by atoms with Gasteiger partial charge in [-0.1, -0.05) is 26.0 Å². The quantitative estimate of drug-likeness (QED) is 0.850. The van der Waals surface area contributed by atoms with Gasteiger partial charge in [0.05, 0.1) is 0 Å². The third kappa shape index (κ3) is 2.33. The fraction of sp³-hybridized carbons (Fsp3) is 0.500. The molecule has 1 aromatic rings. The topological polar surface area (TPSA) is 37.3 Å². The number of carbonyl (C=O) groups is 1. The second-order valence-corrected chi connectivity index (χ2v) is 4.68. The first-order chi connectivity index (χ1) is 7.36. The molecule has 1 unspecified atom stereocenters. The number of benzene rings is 1. The molecule has 0 heterocycles. The first-order valence-corrected chi connectivity index (χ1v) is 5.64. The molecular weight excluding hydrogens is 200 g/mol. The van der Waals surface area contributed by atoms with Gasteiger partial charge in [-0.15, -0.1) is 0 Å². The zero-order valence-electron chi connectivity index (χ0n) is 10.7. The number of aliphatic hydroxyl groups is 1. The Bertz CT molecular complexity index is 405. The van der Waals surface area contributed by atoms with Crippen LogP contribution in [0.15, 0.2) is 12.1 Å². The number of ketones is 1. The van der Waals surface area contributed by atoms with E-state index >= 15 is 0 Å². The van der Waals surface area contributed by atoms with E-state index in [1.807, 2.05) is 46.8 Å². The first kappa shape index (κ1) is 12.9. The third-order valence-electron chi connectivity index (χ3n) is 3.23. The van der Waals surface area contributed by atoms with Crippen LogP contribution in [0.2, 0.25) is 0 Å². The summed E-state index contributed by atoms with van der Waals surface area (Å²) in [6.45, 7) is 9.61. The summed E-state index contributed by atoms with van der Waals surface area (Å²) in [4.78, 5) is 11.7. The number of Topliss-reactive ketones (excluding diaryl/α,β-unsaturated/α-hetero) is 1. The summed E-state index contributed by atoms with van der Waals surface area (Å²) in [7, 11) is 0. The third-order valence-corrected chi connectivity index (χ3v) is 3.23. The van der Waals surface area contributed by atoms with Crippen LogP contribution < -0.4 is 0 Å². The lowest BCUT2D eigenvalue weighted by Crippen LogP contribution is -2.18. The van der Waals surface area contributed by atoms with Crippen molar-refractivity contribution in [3.05, 3.63) is 34.4 Å². The van der Waals surface area contributed by atoms with Gasteiger partial charge in [0.15, 0.2) is 5.78 Å². The van der Waals surface area contributed by atoms with Gasteiger partial charge in [0.25, 0.3) is 0 Å². The van der Waals surface area contributed by atoms with Gasteiger partial charge in [0, 0.05) is 5.92 Å². The molecule has 1 atom stereocenters. The lowest BCUT2D eigenvalue weighted by molar-refractivity contribution is -0.130. The van der Waals surface area contributed by atoms with Gasteiger partial charge in [-0.25, -0.2) is 0 Å². The highest BCUT2D eigenvalue weighted by Crippen LogP contribution is 2.25. The zero-order valence-corrected chi connectivity index (χ0v) is 10.7. The lowest BCUT2D eigenvalue weighted by Gasteiger charge is -2.17. The predicted molar refractivity (Wildman–Crippen MR) is 65.5 cm³/mol. The maximum atomic E-state index is 11.7. The van der Waals surface area contributed by atoms with Crippen molar-refractivity contribution in [1.29, 1.82) is 0 Å². The van der Waals surface area contributed by atoms with E-state index < -0.39 is 6.10 Å². The van der Waals surface area contributed by atoms with Crippen molar-refractivity contribution in [2.45, 2.75) is 40.7 Å². The molecule has 1 N–H and O–H groups in total. The van der Waals surface area contributed by atoms with Crippen LogP contribution in [-0.4, -0.2) is 10.9 Å². The highest BCUT2D eigenvalue weighted by molar-refractivity contribution is 5.86. The van der Waals surface area contributed by atoms with E-state index in [-0.39, 0.29) is 11.7 Å². The van der Waals surface area contributed by atoms with Crippen LogP contribution in [0.25, 0.3) is 0 Å². The molecule has 0 aliphatic heterocycles. The number of aliphatic hydroxyl groups excluding tert-OH is 1. The van der Waals surface area contributed by atoms with Crippen molar-refractivity contribution in [3.8, 4) is 0 Å². The Balaban J connectivity index is 3.15. The molecule has 0 aliphatic rings. The Hall–Kier alpha value is -1.15. The van der Waals surface area contributed by atoms with Gasteiger partial charge >= 0.3 is 0 Å². The number of aryl methyl sites for hydroxylation is 1. The summed E-state index contributed by atoms with van der Waals surface area (Å²) in [6, 6.07) is 3.80. The predicted octanol–water partition coefficient (Wildman–Crippen LogP) is 2.87. The standard InChI is InChI=1S/C14H20O2/c1-8(2)13(15)14(16)12-7-6-9(3)10(4)11(12)5/h6-8,14,16H,1-5H3. The Labute approximate surface area is 97.3 Å². The van der Waals surface area contributed by atoms with Crippen LogP contribution in [0, 0.1) is 26.7 Å². The fourth-order valence-corrected chi connectivity index (χ4v) is 1.74. The maximum absolute atomic E-state index is 11.7. The number of hydrogen-bond acceptors (Lipinski definition) is 2. The molecule has 0 saturated heterocycles. The van der Waals surface area contributed by atoms with Gasteiger partial charge in [0.1, 0.15) is 6.10 Å². The lowest BCUT2D eigenvalue weighted by atomic mass is 9.91. The Morgan fingerprint density at radius 2 is 1.69 bits per heavy atom. The fourth-order valence-electron chi connectivity index (χ4n) is 1.74. The molecule has 2 nitrogen and oxygen atoms in total. The average Bonchev–Trinajstić information content (AvgIpc) is 2.24. The zero-order chi connectivity index (χ0) is 12.5. The molecule has 0 fully saturated rings. The van der Waals surface area contributed by atoms with Crippen molar-refractivity contribution < 1.29 is 9.90 Å². The van der Waals surface area contributed by atoms with Gasteiger partial charge in [-0.2, -0.15) is 0 Å². The smallest absolute Gasteiger partial charge is 0.168 e. The molecule has 0 bridgehead atoms. The normalized spacial score (nSPS) is 12.9. The molecule has 0 saturated carbocycles. The van der Waals surface area contributed by atoms with Gasteiger partial charge in [-0.05, 0) is 43.0 Å². The maximum Gasteiger partial charge on any atom is 0.168 e. The van der Waals surface area contributed by atoms with E-state index in [9.17, 15) is 9.90 Å². The summed E-state index contributed by atoms with van der Waals surface area (Å²) in [6.07, 6.45) is -0.987. The van der Waals surface area contributed by atoms with Crippen LogP contribution in [0.5, 0.6) is 0 Å². The second kappa shape index (κ2) is 4.79. The minimum Gasteiger partial charge on any atom is -0.381 e. The molecule has 0 radical (unpaired) electrons. The number of rotatable bonds is 3. The monoisotopic (exact) mass is 220 g/mol. The Morgan fingerprint density at radius 1 is 1.12 bits per heavy atom. The molecular formula is C14H20O2. The number of hydrogen-bond donors (Lipinski definition) is 1. The molecule has 0 aromatic heterocycles. The molecule has 16 heavy (non-hydrogen) atoms. The second-order valence-electron chi connectivity index (χ2n) is 4.68. The molecule has 0 spiro atoms. The van der Waals surface area contributed by atoms with Crippen molar-refractivity contribution in [1.82, 2.24) is 0 Å². The van der Waals surface area contributed by atoms with Crippen molar-refractivity contribution in [2.24, 2.45) is 5.92 Å². The minimum atomic E-state index is -0.987. The van der Waals surface area contributed by atoms with Crippen LogP contribution in [0.4, 0.5) is 0 Å². The Kier molecular flexibility index (Phi) is 3.87. The summed E-state index contributed by atoms with van der Waals surface area (Å²) in [5.74, 6) is -0.262. The van der Waals surface area contributed by atoms with E-state index in [1.54, 1.807) is 0 Å². The summed E-state index contributed by atoms with van der Waals surface area (Å²) < 4.78 is 0. The van der Waals surface area contributed by atoms with E-state index in [0.29, 0.717) is 0 Å². The van der Waals surface area contributed by atoms with Gasteiger partial charge in [0.2, 0.25) is 0 Å². The van der Waals surface area contributed by atoms with Crippen LogP contribution in [-0.2, 0) is 4.79 Å². The summed E-state index contributed by atoms with van der Waals surface area (Å²) in [5, 5.41) is 10.0. The average molecular weight is 220 g/mol. The van der Waals surface area contributed by atoms with Gasteiger partial charge < -0.3 is 5.11 Å². The minimum absolute atomic E-state index is 0.119. The van der Waals surface area contributed by atoms with Crippen LogP contribution in [0.1, 0.15) is 42.2 Å². The van der Waals surface area contributed by atoms with E-state index in [0.717, 1.165) is 16.7 Å². The summed E-state index contributed by atoms with van der Waals surface area (Å²) >= 11 is 0. The molecule has 1 rings (SSSR count). The molecule has 88 valence electrons. The van der Waals surface area contributed by atoms with Crippen molar-refractivity contribution in [3.63, 3.8) is 0 Å². The molecule has 1 aromatic carbocycles. The van der Waals surface area contributed by atoms with Gasteiger partial charge in [-0.3, -0.25) is 4.79 Å². The van der Waals surface area contributed by atoms with E-state index in [1.165, 1.54) is 5.56 Å². The Morgan fingerprint density at radius 3 is 2.19 bits per heavy atom. The van der Waals surface area contributed by atoms with E-state index in [4.69, 9.17) is 0 Å². The highest BCUT2D eigenvalue weighted by Gasteiger charge is 2.22. The largest absolute Gasteiger partial charge is 0.381 e. The van der Waals surface area contributed by atoms with Crippen LogP contribution in [0.3, 0.4) is 0 Å². The van der Waals surface area contributed by atoms with E-state index in [2.05, 4.69) is 0 Å². The molecule has 0 aliphatic carbocycles. The SMILES string of the molecule is Cc1ccc(C(O)C(=O)C(C)C)c(C)c1C. The van der Waals surface area contributed by atoms with Crippen molar-refractivity contribution in [2.75, 3.05) is 0 Å². The van der Waals surface area contributed by atoms with Crippen LogP contribution >= 0.6 is 0 Å². The molecule has 0 amide bonds. The number of carbonyl (C=O) groups excluding carboxylic acids is 1. The van der Waals surface area contributed by atoms with Crippen molar-refractivity contribution >= 4 is 5.78 Å². The first-order valence-electron chi connectivity index (χ1n) is 5.64. The molecule has 2 heteroatoms. The highest BCUT2D eigenvalue weighted by atomic mass is 16.3.